The van der Waals surface area contributed by atoms with Gasteiger partial charge in [-0.3, -0.25) is 9.59 Å². The van der Waals surface area contributed by atoms with E-state index in [-0.39, 0.29) is 24.9 Å². The van der Waals surface area contributed by atoms with Gasteiger partial charge in [0, 0.05) is 32.6 Å². The van der Waals surface area contributed by atoms with Gasteiger partial charge in [0.15, 0.2) is 0 Å². The van der Waals surface area contributed by atoms with E-state index >= 15 is 0 Å². The van der Waals surface area contributed by atoms with Crippen LogP contribution in [0.15, 0.2) is 0 Å². The van der Waals surface area contributed by atoms with Crippen molar-refractivity contribution in [1.82, 2.24) is 15.5 Å². The van der Waals surface area contributed by atoms with Gasteiger partial charge in [-0.2, -0.15) is 0 Å². The highest BCUT2D eigenvalue weighted by Gasteiger charge is 2.37. The molecule has 0 aliphatic carbocycles. The Bertz CT molecular complexity index is 376. The number of likely N-dealkylation sites (tertiary alicyclic amines) is 1. The van der Waals surface area contributed by atoms with Gasteiger partial charge in [0.2, 0.25) is 5.91 Å². The Morgan fingerprint density at radius 3 is 2.30 bits per heavy atom. The summed E-state index contributed by atoms with van der Waals surface area (Å²) in [7, 11) is 0. The quantitative estimate of drug-likeness (QED) is 0.681. The number of nitrogens with zero attached hydrogens (tertiary/aromatic N) is 1. The van der Waals surface area contributed by atoms with E-state index in [4.69, 9.17) is 5.11 Å². The molecule has 7 nitrogen and oxygen atoms in total. The number of rotatable bonds is 5. The fraction of sp³-hybridized carbons (Fsp3) is 0.769. The lowest BCUT2D eigenvalue weighted by Gasteiger charge is -2.36. The first-order chi connectivity index (χ1) is 9.39. The maximum absolute atomic E-state index is 11.9. The summed E-state index contributed by atoms with van der Waals surface area (Å²) in [5.41, 5.74) is -0.738. The molecule has 0 saturated carbocycles. The number of carbonyl (C=O) groups is 3. The van der Waals surface area contributed by atoms with Crippen LogP contribution in [0.4, 0.5) is 4.79 Å². The molecule has 3 amide bonds. The highest BCUT2D eigenvalue weighted by Crippen LogP contribution is 2.30. The van der Waals surface area contributed by atoms with Crippen LogP contribution >= 0.6 is 0 Å². The summed E-state index contributed by atoms with van der Waals surface area (Å²) in [5, 5.41) is 14.4. The van der Waals surface area contributed by atoms with Crippen molar-refractivity contribution in [3.63, 3.8) is 0 Å². The van der Waals surface area contributed by atoms with Crippen molar-refractivity contribution in [2.75, 3.05) is 26.2 Å². The third-order valence-corrected chi connectivity index (χ3v) is 3.67. The van der Waals surface area contributed by atoms with E-state index in [0.717, 1.165) is 0 Å². The van der Waals surface area contributed by atoms with Crippen LogP contribution in [0.2, 0.25) is 0 Å². The van der Waals surface area contributed by atoms with Gasteiger partial charge in [-0.15, -0.1) is 0 Å². The van der Waals surface area contributed by atoms with E-state index in [1.807, 2.05) is 6.92 Å². The van der Waals surface area contributed by atoms with Crippen molar-refractivity contribution in [2.45, 2.75) is 33.1 Å². The van der Waals surface area contributed by atoms with Crippen LogP contribution in [0.5, 0.6) is 0 Å². The molecule has 1 saturated heterocycles. The molecule has 1 aliphatic rings. The lowest BCUT2D eigenvalue weighted by atomic mass is 9.80. The molecular formula is C13H23N3O4. The largest absolute Gasteiger partial charge is 0.481 e. The molecule has 1 aliphatic heterocycles. The van der Waals surface area contributed by atoms with Crippen LogP contribution in [0, 0.1) is 5.41 Å². The Labute approximate surface area is 118 Å². The summed E-state index contributed by atoms with van der Waals surface area (Å²) < 4.78 is 0. The van der Waals surface area contributed by atoms with Gasteiger partial charge in [-0.1, -0.05) is 0 Å². The minimum atomic E-state index is -0.811. The maximum atomic E-state index is 11.9. The topological polar surface area (TPSA) is 98.7 Å². The fourth-order valence-corrected chi connectivity index (χ4v) is 2.10. The van der Waals surface area contributed by atoms with E-state index in [9.17, 15) is 14.4 Å². The minimum absolute atomic E-state index is 0.0927. The monoisotopic (exact) mass is 285 g/mol. The summed E-state index contributed by atoms with van der Waals surface area (Å²) in [5.74, 6) is -0.904. The molecule has 1 heterocycles. The molecule has 0 aromatic carbocycles. The van der Waals surface area contributed by atoms with Crippen molar-refractivity contribution in [3.05, 3.63) is 0 Å². The lowest BCUT2D eigenvalue weighted by Crippen LogP contribution is -2.49. The maximum Gasteiger partial charge on any atom is 0.317 e. The third-order valence-electron chi connectivity index (χ3n) is 3.67. The zero-order valence-corrected chi connectivity index (χ0v) is 12.1. The molecule has 0 bridgehead atoms. The summed E-state index contributed by atoms with van der Waals surface area (Å²) >= 11 is 0. The predicted octanol–water partition coefficient (Wildman–Crippen LogP) is 0.409. The van der Waals surface area contributed by atoms with Crippen molar-refractivity contribution in [3.8, 4) is 0 Å². The van der Waals surface area contributed by atoms with Gasteiger partial charge in [-0.05, 0) is 26.7 Å². The molecule has 0 radical (unpaired) electrons. The average molecular weight is 285 g/mol. The van der Waals surface area contributed by atoms with Crippen LogP contribution in [-0.4, -0.2) is 54.1 Å². The second kappa shape index (κ2) is 7.12. The number of hydrogen-bond donors (Lipinski definition) is 3. The SMILES string of the molecule is CCNC(=O)CCNC(=O)N1CCC(C)(C(=O)O)CC1. The normalized spacial score (nSPS) is 17.4. The highest BCUT2D eigenvalue weighted by molar-refractivity contribution is 5.79. The van der Waals surface area contributed by atoms with Crippen molar-refractivity contribution >= 4 is 17.9 Å². The second-order valence-corrected chi connectivity index (χ2v) is 5.29. The van der Waals surface area contributed by atoms with Crippen LogP contribution in [-0.2, 0) is 9.59 Å². The molecule has 7 heteroatoms. The highest BCUT2D eigenvalue weighted by atomic mass is 16.4. The van der Waals surface area contributed by atoms with Crippen molar-refractivity contribution in [2.24, 2.45) is 5.41 Å². The van der Waals surface area contributed by atoms with Crippen molar-refractivity contribution in [1.29, 1.82) is 0 Å². The van der Waals surface area contributed by atoms with E-state index < -0.39 is 11.4 Å². The molecule has 1 rings (SSSR count). The number of nitrogens with one attached hydrogen (secondary N) is 2. The average Bonchev–Trinajstić information content (AvgIpc) is 2.39. The van der Waals surface area contributed by atoms with E-state index in [1.165, 1.54) is 0 Å². The Kier molecular flexibility index (Phi) is 5.79. The van der Waals surface area contributed by atoms with E-state index in [0.29, 0.717) is 32.5 Å². The summed E-state index contributed by atoms with van der Waals surface area (Å²) in [6, 6.07) is -0.235. The van der Waals surface area contributed by atoms with Gasteiger partial charge in [0.25, 0.3) is 0 Å². The first-order valence-corrected chi connectivity index (χ1v) is 6.92. The molecule has 0 aromatic heterocycles. The zero-order chi connectivity index (χ0) is 15.2. The van der Waals surface area contributed by atoms with Crippen LogP contribution < -0.4 is 10.6 Å². The number of urea groups is 1. The second-order valence-electron chi connectivity index (χ2n) is 5.29. The molecule has 1 fully saturated rings. The van der Waals surface area contributed by atoms with Crippen LogP contribution in [0.1, 0.15) is 33.1 Å². The third kappa shape index (κ3) is 4.40. The number of piperidine rings is 1. The standard InChI is InChI=1S/C13H23N3O4/c1-3-14-10(17)4-7-15-12(20)16-8-5-13(2,6-9-16)11(18)19/h3-9H2,1-2H3,(H,14,17)(H,15,20)(H,18,19). The number of carboxylic acid groups (broad SMARTS) is 1. The van der Waals surface area contributed by atoms with Gasteiger partial charge in [0.05, 0.1) is 5.41 Å². The van der Waals surface area contributed by atoms with E-state index in [2.05, 4.69) is 10.6 Å². The Hall–Kier alpha value is -1.79. The molecule has 0 atom stereocenters. The molecular weight excluding hydrogens is 262 g/mol. The Morgan fingerprint density at radius 1 is 1.20 bits per heavy atom. The first-order valence-electron chi connectivity index (χ1n) is 6.92. The molecule has 20 heavy (non-hydrogen) atoms. The number of carboxylic acids is 1. The number of aliphatic carboxylic acids is 1. The Morgan fingerprint density at radius 2 is 1.80 bits per heavy atom. The zero-order valence-electron chi connectivity index (χ0n) is 12.1. The molecule has 0 unspecified atom stereocenters. The molecule has 0 aromatic rings. The van der Waals surface area contributed by atoms with Crippen LogP contribution in [0.25, 0.3) is 0 Å². The number of hydrogen-bond acceptors (Lipinski definition) is 3. The smallest absolute Gasteiger partial charge is 0.317 e. The van der Waals surface area contributed by atoms with Gasteiger partial charge in [-0.25, -0.2) is 4.79 Å². The summed E-state index contributed by atoms with van der Waals surface area (Å²) in [6.45, 7) is 5.26. The molecule has 3 N–H and O–H groups in total. The van der Waals surface area contributed by atoms with Gasteiger partial charge >= 0.3 is 12.0 Å². The Balaban J connectivity index is 2.29. The van der Waals surface area contributed by atoms with Crippen LogP contribution in [0.3, 0.4) is 0 Å². The number of amides is 3. The lowest BCUT2D eigenvalue weighted by molar-refractivity contribution is -0.150. The summed E-state index contributed by atoms with van der Waals surface area (Å²) in [6.07, 6.45) is 1.15. The molecule has 0 spiro atoms. The first kappa shape index (κ1) is 16.3. The van der Waals surface area contributed by atoms with E-state index in [1.54, 1.807) is 11.8 Å². The van der Waals surface area contributed by atoms with Crippen molar-refractivity contribution < 1.29 is 19.5 Å². The summed E-state index contributed by atoms with van der Waals surface area (Å²) in [4.78, 5) is 35.8. The number of carbonyl (C=O) groups excluding carboxylic acids is 2. The molecule has 114 valence electrons. The fourth-order valence-electron chi connectivity index (χ4n) is 2.10. The van der Waals surface area contributed by atoms with Gasteiger partial charge < -0.3 is 20.6 Å². The predicted molar refractivity (Wildman–Crippen MR) is 73.2 cm³/mol. The minimum Gasteiger partial charge on any atom is -0.481 e. The van der Waals surface area contributed by atoms with Gasteiger partial charge in [0.1, 0.15) is 0 Å².